The average molecular weight is 363 g/mol. The number of sulfonamides is 1. The van der Waals surface area contributed by atoms with Gasteiger partial charge in [-0.25, -0.2) is 12.8 Å². The van der Waals surface area contributed by atoms with Crippen molar-refractivity contribution >= 4 is 26.0 Å². The van der Waals surface area contributed by atoms with Gasteiger partial charge >= 0.3 is 0 Å². The predicted octanol–water partition coefficient (Wildman–Crippen LogP) is 1.96. The molecular weight excluding hydrogens is 347 g/mol. The third-order valence-electron chi connectivity index (χ3n) is 4.09. The van der Waals surface area contributed by atoms with Gasteiger partial charge in [0.25, 0.3) is 0 Å². The van der Waals surface area contributed by atoms with Gasteiger partial charge in [0.1, 0.15) is 5.82 Å². The van der Waals surface area contributed by atoms with Crippen LogP contribution in [0.3, 0.4) is 0 Å². The fourth-order valence-electron chi connectivity index (χ4n) is 2.99. The Hall–Kier alpha value is -0.500. The molecule has 0 aliphatic carbocycles. The third kappa shape index (κ3) is 2.52. The molecule has 3 rings (SSSR count). The van der Waals surface area contributed by atoms with Crippen molar-refractivity contribution in [3.8, 4) is 0 Å². The van der Waals surface area contributed by atoms with Crippen molar-refractivity contribution < 1.29 is 12.8 Å². The van der Waals surface area contributed by atoms with E-state index in [1.165, 1.54) is 16.4 Å². The molecule has 110 valence electrons. The van der Waals surface area contributed by atoms with Crippen LogP contribution in [0.4, 0.5) is 4.39 Å². The summed E-state index contributed by atoms with van der Waals surface area (Å²) in [6.45, 7) is 1.95. The van der Waals surface area contributed by atoms with Crippen molar-refractivity contribution in [1.82, 2.24) is 9.62 Å². The van der Waals surface area contributed by atoms with Crippen molar-refractivity contribution in [1.29, 1.82) is 0 Å². The van der Waals surface area contributed by atoms with Crippen molar-refractivity contribution in [2.75, 3.05) is 19.6 Å². The minimum Gasteiger partial charge on any atom is -0.312 e. The summed E-state index contributed by atoms with van der Waals surface area (Å²) < 4.78 is 40.4. The van der Waals surface area contributed by atoms with Crippen LogP contribution in [0.2, 0.25) is 0 Å². The molecule has 0 saturated carbocycles. The lowest BCUT2D eigenvalue weighted by Crippen LogP contribution is -2.41. The highest BCUT2D eigenvalue weighted by Crippen LogP contribution is 2.30. The highest BCUT2D eigenvalue weighted by molar-refractivity contribution is 9.10. The van der Waals surface area contributed by atoms with Gasteiger partial charge in [-0.15, -0.1) is 0 Å². The topological polar surface area (TPSA) is 49.4 Å². The molecule has 2 aliphatic rings. The third-order valence-corrected chi connectivity index (χ3v) is 6.57. The van der Waals surface area contributed by atoms with E-state index in [1.54, 1.807) is 0 Å². The highest BCUT2D eigenvalue weighted by Gasteiger charge is 2.40. The van der Waals surface area contributed by atoms with Gasteiger partial charge < -0.3 is 5.32 Å². The Bertz CT molecular complexity index is 609. The standard InChI is InChI=1S/C13H16BrFN2O2S/c14-11-4-3-10(6-12(11)15)20(18,19)17-7-9-2-1-5-16-13(9)8-17/h3-4,6,9,13,16H,1-2,5,7-8H2. The molecule has 2 unspecified atom stereocenters. The molecule has 7 heteroatoms. The normalized spacial score (nSPS) is 27.5. The second-order valence-corrected chi connectivity index (χ2v) is 8.15. The summed E-state index contributed by atoms with van der Waals surface area (Å²) in [6, 6.07) is 4.19. The molecule has 20 heavy (non-hydrogen) atoms. The van der Waals surface area contributed by atoms with Crippen LogP contribution < -0.4 is 5.32 Å². The van der Waals surface area contributed by atoms with E-state index in [0.717, 1.165) is 25.5 Å². The minimum atomic E-state index is -3.60. The van der Waals surface area contributed by atoms with Gasteiger partial charge in [-0.3, -0.25) is 0 Å². The average Bonchev–Trinajstić information content (AvgIpc) is 2.86. The fraction of sp³-hybridized carbons (Fsp3) is 0.538. The predicted molar refractivity (Wildman–Crippen MR) is 77.4 cm³/mol. The number of nitrogens with zero attached hydrogens (tertiary/aromatic N) is 1. The van der Waals surface area contributed by atoms with Gasteiger partial charge in [-0.1, -0.05) is 0 Å². The van der Waals surface area contributed by atoms with Crippen LogP contribution in [0.5, 0.6) is 0 Å². The Morgan fingerprint density at radius 2 is 2.15 bits per heavy atom. The molecular formula is C13H16BrFN2O2S. The summed E-state index contributed by atoms with van der Waals surface area (Å²) in [5.74, 6) is -0.181. The maximum atomic E-state index is 13.6. The Kier molecular flexibility index (Phi) is 3.87. The van der Waals surface area contributed by atoms with Crippen LogP contribution in [0.1, 0.15) is 12.8 Å². The molecule has 2 saturated heterocycles. The molecule has 1 N–H and O–H groups in total. The van der Waals surface area contributed by atoms with E-state index in [-0.39, 0.29) is 15.4 Å². The van der Waals surface area contributed by atoms with Gasteiger partial charge in [0.15, 0.2) is 0 Å². The van der Waals surface area contributed by atoms with Crippen LogP contribution in [-0.2, 0) is 10.0 Å². The summed E-state index contributed by atoms with van der Waals surface area (Å²) in [5.41, 5.74) is 0. The van der Waals surface area contributed by atoms with Crippen LogP contribution >= 0.6 is 15.9 Å². The number of halogens is 2. The van der Waals surface area contributed by atoms with Crippen LogP contribution in [0.15, 0.2) is 27.6 Å². The van der Waals surface area contributed by atoms with E-state index in [9.17, 15) is 12.8 Å². The lowest BCUT2D eigenvalue weighted by atomic mass is 9.94. The van der Waals surface area contributed by atoms with Gasteiger partial charge in [0, 0.05) is 19.1 Å². The number of fused-ring (bicyclic) bond motifs is 1. The summed E-state index contributed by atoms with van der Waals surface area (Å²) in [7, 11) is -3.60. The molecule has 4 nitrogen and oxygen atoms in total. The first kappa shape index (κ1) is 14.4. The van der Waals surface area contributed by atoms with Gasteiger partial charge in [0.2, 0.25) is 10.0 Å². The number of hydrogen-bond donors (Lipinski definition) is 1. The zero-order valence-corrected chi connectivity index (χ0v) is 13.3. The van der Waals surface area contributed by atoms with E-state index in [0.29, 0.717) is 19.0 Å². The molecule has 1 aromatic rings. The number of hydrogen-bond acceptors (Lipinski definition) is 3. The monoisotopic (exact) mass is 362 g/mol. The SMILES string of the molecule is O=S(=O)(c1ccc(Br)c(F)c1)N1CC2CCCNC2C1. The van der Waals surface area contributed by atoms with E-state index < -0.39 is 15.8 Å². The molecule has 2 atom stereocenters. The summed E-state index contributed by atoms with van der Waals surface area (Å²) in [6.07, 6.45) is 2.14. The van der Waals surface area contributed by atoms with Crippen LogP contribution in [-0.4, -0.2) is 38.4 Å². The minimum absolute atomic E-state index is 0.0249. The van der Waals surface area contributed by atoms with E-state index >= 15 is 0 Å². The van der Waals surface area contributed by atoms with Crippen LogP contribution in [0.25, 0.3) is 0 Å². The van der Waals surface area contributed by atoms with Crippen molar-refractivity contribution in [3.05, 3.63) is 28.5 Å². The Labute approximate surface area is 126 Å². The van der Waals surface area contributed by atoms with Gasteiger partial charge in [0.05, 0.1) is 9.37 Å². The van der Waals surface area contributed by atoms with E-state index in [4.69, 9.17) is 0 Å². The quantitative estimate of drug-likeness (QED) is 0.874. The summed E-state index contributed by atoms with van der Waals surface area (Å²) in [4.78, 5) is 0.0249. The first-order chi connectivity index (χ1) is 9.48. The maximum Gasteiger partial charge on any atom is 0.243 e. The lowest BCUT2D eigenvalue weighted by Gasteiger charge is -2.24. The van der Waals surface area contributed by atoms with Crippen molar-refractivity contribution in [2.45, 2.75) is 23.8 Å². The number of rotatable bonds is 2. The highest BCUT2D eigenvalue weighted by atomic mass is 79.9. The number of piperidine rings is 1. The fourth-order valence-corrected chi connectivity index (χ4v) is 4.77. The van der Waals surface area contributed by atoms with Crippen molar-refractivity contribution in [3.63, 3.8) is 0 Å². The zero-order chi connectivity index (χ0) is 14.3. The summed E-state index contributed by atoms with van der Waals surface area (Å²) >= 11 is 3.04. The van der Waals surface area contributed by atoms with Crippen molar-refractivity contribution in [2.24, 2.45) is 5.92 Å². The second kappa shape index (κ2) is 5.36. The molecule has 1 aromatic carbocycles. The number of nitrogens with one attached hydrogen (secondary N) is 1. The Balaban J connectivity index is 1.86. The second-order valence-electron chi connectivity index (χ2n) is 5.36. The molecule has 0 aromatic heterocycles. The van der Waals surface area contributed by atoms with E-state index in [2.05, 4.69) is 21.2 Å². The lowest BCUT2D eigenvalue weighted by molar-refractivity contribution is 0.339. The smallest absolute Gasteiger partial charge is 0.243 e. The maximum absolute atomic E-state index is 13.6. The summed E-state index contributed by atoms with van der Waals surface area (Å²) in [5, 5.41) is 3.37. The molecule has 2 fully saturated rings. The molecule has 0 bridgehead atoms. The van der Waals surface area contributed by atoms with Crippen LogP contribution in [0, 0.1) is 11.7 Å². The largest absolute Gasteiger partial charge is 0.312 e. The molecule has 0 spiro atoms. The zero-order valence-electron chi connectivity index (χ0n) is 10.9. The Morgan fingerprint density at radius 3 is 2.85 bits per heavy atom. The van der Waals surface area contributed by atoms with E-state index in [1.807, 2.05) is 0 Å². The Morgan fingerprint density at radius 1 is 1.35 bits per heavy atom. The molecule has 2 aliphatic heterocycles. The van der Waals surface area contributed by atoms with Gasteiger partial charge in [-0.05, 0) is 59.4 Å². The molecule has 2 heterocycles. The molecule has 0 radical (unpaired) electrons. The first-order valence-corrected chi connectivity index (χ1v) is 8.90. The number of benzene rings is 1. The van der Waals surface area contributed by atoms with Gasteiger partial charge in [-0.2, -0.15) is 4.31 Å². The molecule has 0 amide bonds. The first-order valence-electron chi connectivity index (χ1n) is 6.67.